The lowest BCUT2D eigenvalue weighted by molar-refractivity contribution is 0.604. The molecule has 0 aliphatic carbocycles. The van der Waals surface area contributed by atoms with Gasteiger partial charge in [-0.1, -0.05) is 26.0 Å². The van der Waals surface area contributed by atoms with E-state index in [-0.39, 0.29) is 17.6 Å². The molecule has 0 fully saturated rings. The third kappa shape index (κ3) is 2.53. The van der Waals surface area contributed by atoms with Crippen LogP contribution in [-0.4, -0.2) is 0 Å². The van der Waals surface area contributed by atoms with Gasteiger partial charge in [0.15, 0.2) is 0 Å². The summed E-state index contributed by atoms with van der Waals surface area (Å²) in [6.07, 6.45) is 0. The van der Waals surface area contributed by atoms with Crippen molar-refractivity contribution < 1.29 is 8.78 Å². The van der Waals surface area contributed by atoms with E-state index >= 15 is 0 Å². The number of benzene rings is 2. The molecule has 0 N–H and O–H groups in total. The fourth-order valence-corrected chi connectivity index (χ4v) is 2.31. The van der Waals surface area contributed by atoms with Crippen LogP contribution in [0.2, 0.25) is 0 Å². The molecule has 1 radical (unpaired) electrons. The lowest BCUT2D eigenvalue weighted by atomic mass is 9.89. The molecule has 0 nitrogen and oxygen atoms in total. The van der Waals surface area contributed by atoms with Gasteiger partial charge in [0.05, 0.1) is 0 Å². The summed E-state index contributed by atoms with van der Waals surface area (Å²) in [7, 11) is 0. The molecule has 0 spiro atoms. The van der Waals surface area contributed by atoms with E-state index in [0.29, 0.717) is 16.7 Å². The number of hydrogen-bond acceptors (Lipinski definition) is 0. The first-order chi connectivity index (χ1) is 8.91. The highest BCUT2D eigenvalue weighted by Gasteiger charge is 2.16. The minimum Gasteiger partial charge on any atom is -0.207 e. The molecule has 0 aromatic heterocycles. The normalized spacial score (nSPS) is 11.1. The van der Waals surface area contributed by atoms with Crippen LogP contribution in [-0.2, 0) is 0 Å². The van der Waals surface area contributed by atoms with Crippen molar-refractivity contribution in [2.45, 2.75) is 33.6 Å². The highest BCUT2D eigenvalue weighted by molar-refractivity contribution is 5.68. The largest absolute Gasteiger partial charge is 0.207 e. The molecule has 0 aliphatic rings. The Morgan fingerprint density at radius 1 is 0.947 bits per heavy atom. The molecule has 2 rings (SSSR count). The van der Waals surface area contributed by atoms with Crippen molar-refractivity contribution in [3.63, 3.8) is 0 Å². The van der Waals surface area contributed by atoms with E-state index in [1.165, 1.54) is 12.1 Å². The first-order valence-corrected chi connectivity index (χ1v) is 6.39. The van der Waals surface area contributed by atoms with E-state index in [2.05, 4.69) is 6.07 Å². The van der Waals surface area contributed by atoms with E-state index in [1.807, 2.05) is 13.8 Å². The molecule has 0 heterocycles. The van der Waals surface area contributed by atoms with Crippen LogP contribution < -0.4 is 0 Å². The second-order valence-electron chi connectivity index (χ2n) is 5.14. The molecular formula is C17H17F2. The van der Waals surface area contributed by atoms with Gasteiger partial charge in [0.1, 0.15) is 11.6 Å². The molecule has 2 aromatic rings. The Hall–Kier alpha value is -1.70. The number of halogens is 2. The first kappa shape index (κ1) is 13.7. The zero-order valence-electron chi connectivity index (χ0n) is 11.6. The van der Waals surface area contributed by atoms with Gasteiger partial charge in [-0.25, -0.2) is 8.78 Å². The first-order valence-electron chi connectivity index (χ1n) is 6.39. The van der Waals surface area contributed by atoms with Crippen LogP contribution in [0.3, 0.4) is 0 Å². The smallest absolute Gasteiger partial charge is 0.129 e. The predicted molar refractivity (Wildman–Crippen MR) is 74.2 cm³/mol. The highest BCUT2D eigenvalue weighted by Crippen LogP contribution is 2.32. The topological polar surface area (TPSA) is 0 Å². The van der Waals surface area contributed by atoms with Gasteiger partial charge >= 0.3 is 0 Å². The number of rotatable bonds is 2. The third-order valence-corrected chi connectivity index (χ3v) is 3.41. The summed E-state index contributed by atoms with van der Waals surface area (Å²) in [6, 6.07) is 9.38. The summed E-state index contributed by atoms with van der Waals surface area (Å²) < 4.78 is 27.3. The van der Waals surface area contributed by atoms with Crippen LogP contribution in [0.4, 0.5) is 8.78 Å². The molecule has 0 unspecified atom stereocenters. The zero-order valence-corrected chi connectivity index (χ0v) is 11.6. The maximum Gasteiger partial charge on any atom is 0.129 e. The van der Waals surface area contributed by atoms with Crippen LogP contribution in [0.5, 0.6) is 0 Å². The summed E-state index contributed by atoms with van der Waals surface area (Å²) in [5.74, 6) is -0.283. The molecule has 0 saturated heterocycles. The molecule has 2 aromatic carbocycles. The van der Waals surface area contributed by atoms with Gasteiger partial charge in [0.25, 0.3) is 0 Å². The quantitative estimate of drug-likeness (QED) is 0.697. The van der Waals surface area contributed by atoms with Crippen molar-refractivity contribution in [1.82, 2.24) is 0 Å². The number of hydrogen-bond donors (Lipinski definition) is 0. The Morgan fingerprint density at radius 3 is 2.05 bits per heavy atom. The highest BCUT2D eigenvalue weighted by atomic mass is 19.1. The molecular weight excluding hydrogens is 242 g/mol. The Morgan fingerprint density at radius 2 is 1.53 bits per heavy atom. The summed E-state index contributed by atoms with van der Waals surface area (Å²) in [4.78, 5) is 0. The van der Waals surface area contributed by atoms with Crippen LogP contribution in [0, 0.1) is 31.5 Å². The van der Waals surface area contributed by atoms with Crippen molar-refractivity contribution in [2.75, 3.05) is 0 Å². The molecule has 19 heavy (non-hydrogen) atoms. The van der Waals surface area contributed by atoms with Gasteiger partial charge in [0, 0.05) is 0 Å². The minimum absolute atomic E-state index is 0.193. The standard InChI is InChI=1S/C17H17F2/c1-10(2)15-9-16(12(4)17(19)11(15)3)13-5-7-14(18)8-6-13/h5-8,10H,1-4H3. The Bertz CT molecular complexity index is 596. The maximum atomic E-state index is 14.3. The monoisotopic (exact) mass is 259 g/mol. The Kier molecular flexibility index (Phi) is 3.70. The van der Waals surface area contributed by atoms with Crippen LogP contribution in [0.15, 0.2) is 24.3 Å². The summed E-state index contributed by atoms with van der Waals surface area (Å²) in [6.45, 7) is 7.55. The second kappa shape index (κ2) is 5.12. The zero-order chi connectivity index (χ0) is 14.2. The predicted octanol–water partition coefficient (Wildman–Crippen LogP) is 5.17. The van der Waals surface area contributed by atoms with Gasteiger partial charge in [-0.15, -0.1) is 0 Å². The van der Waals surface area contributed by atoms with Crippen molar-refractivity contribution in [3.05, 3.63) is 58.7 Å². The van der Waals surface area contributed by atoms with Crippen molar-refractivity contribution in [2.24, 2.45) is 0 Å². The Balaban J connectivity index is 2.66. The average molecular weight is 259 g/mol. The molecule has 0 aliphatic heterocycles. The molecule has 2 heteroatoms. The lowest BCUT2D eigenvalue weighted by Gasteiger charge is -2.16. The maximum absolute atomic E-state index is 14.3. The van der Waals surface area contributed by atoms with Crippen LogP contribution >= 0.6 is 0 Å². The van der Waals surface area contributed by atoms with E-state index in [4.69, 9.17) is 0 Å². The lowest BCUT2D eigenvalue weighted by Crippen LogP contribution is -2.01. The SMILES string of the molecule is Cc1c(-c2ccc(F)cc2)[c]c(C(C)C)c(C)c1F. The minimum atomic E-state index is -0.293. The van der Waals surface area contributed by atoms with E-state index in [9.17, 15) is 8.78 Å². The van der Waals surface area contributed by atoms with Crippen molar-refractivity contribution >= 4 is 0 Å². The van der Waals surface area contributed by atoms with Gasteiger partial charge in [-0.2, -0.15) is 0 Å². The van der Waals surface area contributed by atoms with Gasteiger partial charge in [-0.05, 0) is 65.8 Å². The van der Waals surface area contributed by atoms with E-state index in [0.717, 1.165) is 11.1 Å². The van der Waals surface area contributed by atoms with Gasteiger partial charge in [0.2, 0.25) is 0 Å². The van der Waals surface area contributed by atoms with Gasteiger partial charge < -0.3 is 0 Å². The second-order valence-corrected chi connectivity index (χ2v) is 5.14. The van der Waals surface area contributed by atoms with Crippen molar-refractivity contribution in [3.8, 4) is 11.1 Å². The van der Waals surface area contributed by atoms with Crippen molar-refractivity contribution in [1.29, 1.82) is 0 Å². The van der Waals surface area contributed by atoms with E-state index in [1.54, 1.807) is 26.0 Å². The fraction of sp³-hybridized carbons (Fsp3) is 0.294. The third-order valence-electron chi connectivity index (χ3n) is 3.41. The average Bonchev–Trinajstić information content (AvgIpc) is 2.37. The Labute approximate surface area is 113 Å². The van der Waals surface area contributed by atoms with Gasteiger partial charge in [-0.3, -0.25) is 0 Å². The summed E-state index contributed by atoms with van der Waals surface area (Å²) in [5.41, 5.74) is 3.60. The summed E-state index contributed by atoms with van der Waals surface area (Å²) >= 11 is 0. The summed E-state index contributed by atoms with van der Waals surface area (Å²) in [5, 5.41) is 0. The van der Waals surface area contributed by atoms with Crippen LogP contribution in [0.25, 0.3) is 11.1 Å². The fourth-order valence-electron chi connectivity index (χ4n) is 2.31. The van der Waals surface area contributed by atoms with E-state index < -0.39 is 0 Å². The molecule has 0 atom stereocenters. The molecule has 0 saturated carbocycles. The molecule has 0 bridgehead atoms. The molecule has 99 valence electrons. The molecule has 0 amide bonds. The van der Waals surface area contributed by atoms with Crippen LogP contribution in [0.1, 0.15) is 36.5 Å².